The van der Waals surface area contributed by atoms with Crippen molar-refractivity contribution in [3.05, 3.63) is 59.4 Å². The minimum absolute atomic E-state index is 0.220. The van der Waals surface area contributed by atoms with Gasteiger partial charge < -0.3 is 10.0 Å². The Bertz CT molecular complexity index is 652. The normalized spacial score (nSPS) is 15.5. The molecule has 0 atom stereocenters. The Labute approximate surface area is 129 Å². The zero-order chi connectivity index (χ0) is 14.7. The second-order valence-electron chi connectivity index (χ2n) is 5.08. The number of aromatic nitrogens is 1. The molecular formula is C17H19N2OS+. The van der Waals surface area contributed by atoms with Gasteiger partial charge in [-0.05, 0) is 30.2 Å². The van der Waals surface area contributed by atoms with E-state index in [1.807, 2.05) is 11.6 Å². The fourth-order valence-corrected chi connectivity index (χ4v) is 3.52. The number of thioether (sulfide) groups is 1. The quantitative estimate of drug-likeness (QED) is 0.880. The number of aliphatic hydroxyl groups is 1. The van der Waals surface area contributed by atoms with E-state index in [9.17, 15) is 0 Å². The highest BCUT2D eigenvalue weighted by molar-refractivity contribution is 8.03. The molecule has 0 aliphatic carbocycles. The van der Waals surface area contributed by atoms with Crippen LogP contribution in [0.15, 0.2) is 58.7 Å². The van der Waals surface area contributed by atoms with Gasteiger partial charge in [-0.3, -0.25) is 0 Å². The molecule has 0 saturated carbocycles. The summed E-state index contributed by atoms with van der Waals surface area (Å²) in [7, 11) is 2.02. The number of nitrogens with zero attached hydrogens (tertiary/aromatic N) is 2. The van der Waals surface area contributed by atoms with E-state index in [1.165, 1.54) is 21.2 Å². The largest absolute Gasteiger partial charge is 0.396 e. The van der Waals surface area contributed by atoms with Crippen LogP contribution in [-0.2, 0) is 7.05 Å². The summed E-state index contributed by atoms with van der Waals surface area (Å²) in [5, 5.41) is 10.3. The fraction of sp³-hybridized carbons (Fsp3) is 0.235. The minimum Gasteiger partial charge on any atom is -0.396 e. The molecule has 1 aliphatic rings. The fourth-order valence-electron chi connectivity index (χ4n) is 2.37. The van der Waals surface area contributed by atoms with Crippen molar-refractivity contribution in [3.63, 3.8) is 0 Å². The van der Waals surface area contributed by atoms with Crippen LogP contribution in [-0.4, -0.2) is 18.3 Å². The highest BCUT2D eigenvalue weighted by Gasteiger charge is 2.24. The molecule has 0 spiro atoms. The summed E-state index contributed by atoms with van der Waals surface area (Å²) in [6, 6.07) is 12.7. The number of fused-ring (bicyclic) bond motifs is 1. The molecule has 108 valence electrons. The van der Waals surface area contributed by atoms with E-state index in [-0.39, 0.29) is 6.61 Å². The van der Waals surface area contributed by atoms with Crippen LogP contribution >= 0.6 is 11.8 Å². The smallest absolute Gasteiger partial charge is 0.169 e. The maximum Gasteiger partial charge on any atom is 0.169 e. The molecule has 3 rings (SSSR count). The molecule has 1 aromatic carbocycles. The van der Waals surface area contributed by atoms with E-state index < -0.39 is 0 Å². The number of anilines is 1. The molecule has 0 fully saturated rings. The van der Waals surface area contributed by atoms with Crippen LogP contribution < -0.4 is 9.47 Å². The van der Waals surface area contributed by atoms with Crippen LogP contribution in [0.1, 0.15) is 12.0 Å². The number of para-hydroxylation sites is 1. The highest BCUT2D eigenvalue weighted by Crippen LogP contribution is 2.46. The number of hydrogen-bond acceptors (Lipinski definition) is 3. The van der Waals surface area contributed by atoms with E-state index in [0.29, 0.717) is 0 Å². The molecule has 0 radical (unpaired) electrons. The number of pyridine rings is 1. The predicted octanol–water partition coefficient (Wildman–Crippen LogP) is 2.80. The molecule has 0 amide bonds. The van der Waals surface area contributed by atoms with Gasteiger partial charge in [-0.1, -0.05) is 23.9 Å². The molecular weight excluding hydrogens is 280 g/mol. The average molecular weight is 299 g/mol. The number of rotatable bonds is 4. The molecule has 4 heteroatoms. The van der Waals surface area contributed by atoms with Crippen LogP contribution in [0.5, 0.6) is 0 Å². The molecule has 0 unspecified atom stereocenters. The van der Waals surface area contributed by atoms with Gasteiger partial charge in [-0.15, -0.1) is 0 Å². The van der Waals surface area contributed by atoms with Gasteiger partial charge in [-0.25, -0.2) is 4.57 Å². The molecule has 2 aromatic rings. The second-order valence-corrected chi connectivity index (χ2v) is 6.14. The predicted molar refractivity (Wildman–Crippen MR) is 86.9 cm³/mol. The van der Waals surface area contributed by atoms with Crippen molar-refractivity contribution in [1.82, 2.24) is 0 Å². The Hall–Kier alpha value is -1.78. The molecule has 0 bridgehead atoms. The Kier molecular flexibility index (Phi) is 4.27. The van der Waals surface area contributed by atoms with E-state index in [1.54, 1.807) is 11.8 Å². The van der Waals surface area contributed by atoms with Crippen molar-refractivity contribution >= 4 is 23.5 Å². The summed E-state index contributed by atoms with van der Waals surface area (Å²) in [6.07, 6.45) is 7.09. The molecule has 3 nitrogen and oxygen atoms in total. The lowest BCUT2D eigenvalue weighted by atomic mass is 10.2. The van der Waals surface area contributed by atoms with Gasteiger partial charge in [-0.2, -0.15) is 0 Å². The monoisotopic (exact) mass is 299 g/mol. The Morgan fingerprint density at radius 3 is 2.71 bits per heavy atom. The third-order valence-electron chi connectivity index (χ3n) is 3.47. The molecule has 2 heterocycles. The summed E-state index contributed by atoms with van der Waals surface area (Å²) in [6.45, 7) is 1.06. The summed E-state index contributed by atoms with van der Waals surface area (Å²) >= 11 is 1.79. The average Bonchev–Trinajstić information content (AvgIpc) is 2.85. The number of benzene rings is 1. The zero-order valence-electron chi connectivity index (χ0n) is 12.1. The SMILES string of the molecule is C[n+]1ccc(/C=C2\Sc3ccccc3N2CCCO)cc1. The zero-order valence-corrected chi connectivity index (χ0v) is 12.9. The number of aliphatic hydroxyl groups excluding tert-OH is 1. The van der Waals surface area contributed by atoms with E-state index in [4.69, 9.17) is 5.11 Å². The molecule has 21 heavy (non-hydrogen) atoms. The van der Waals surface area contributed by atoms with Crippen LogP contribution in [0.3, 0.4) is 0 Å². The first-order valence-corrected chi connectivity index (χ1v) is 7.92. The Balaban J connectivity index is 1.92. The lowest BCUT2D eigenvalue weighted by Gasteiger charge is -2.20. The molecule has 1 N–H and O–H groups in total. The molecule has 1 aromatic heterocycles. The van der Waals surface area contributed by atoms with Crippen molar-refractivity contribution in [1.29, 1.82) is 0 Å². The van der Waals surface area contributed by atoms with Gasteiger partial charge in [0.2, 0.25) is 0 Å². The van der Waals surface area contributed by atoms with Crippen molar-refractivity contribution < 1.29 is 9.67 Å². The van der Waals surface area contributed by atoms with Crippen molar-refractivity contribution in [2.75, 3.05) is 18.1 Å². The summed E-state index contributed by atoms with van der Waals surface area (Å²) in [5.41, 5.74) is 2.43. The first kappa shape index (κ1) is 14.2. The number of aryl methyl sites for hydroxylation is 1. The van der Waals surface area contributed by atoms with Gasteiger partial charge in [0.05, 0.1) is 10.7 Å². The summed E-state index contributed by atoms with van der Waals surface area (Å²) in [5.74, 6) is 0. The lowest BCUT2D eigenvalue weighted by molar-refractivity contribution is -0.671. The maximum absolute atomic E-state index is 9.13. The van der Waals surface area contributed by atoms with Crippen LogP contribution in [0.4, 0.5) is 5.69 Å². The van der Waals surface area contributed by atoms with Crippen molar-refractivity contribution in [2.24, 2.45) is 7.05 Å². The first-order chi connectivity index (χ1) is 10.3. The minimum atomic E-state index is 0.220. The Morgan fingerprint density at radius 2 is 1.95 bits per heavy atom. The Morgan fingerprint density at radius 1 is 1.19 bits per heavy atom. The van der Waals surface area contributed by atoms with E-state index in [0.717, 1.165) is 13.0 Å². The number of hydrogen-bond donors (Lipinski definition) is 1. The van der Waals surface area contributed by atoms with Gasteiger partial charge in [0.15, 0.2) is 12.4 Å². The standard InChI is InChI=1S/C17H19N2OS/c1-18-10-7-14(8-11-18)13-17-19(9-4-12-20)15-5-2-3-6-16(15)21-17/h2-3,5-8,10-11,13,20H,4,9,12H2,1H3/q+1. The topological polar surface area (TPSA) is 27.4 Å². The van der Waals surface area contributed by atoms with Gasteiger partial charge >= 0.3 is 0 Å². The van der Waals surface area contributed by atoms with Crippen LogP contribution in [0.25, 0.3) is 6.08 Å². The van der Waals surface area contributed by atoms with Gasteiger partial charge in [0.25, 0.3) is 0 Å². The van der Waals surface area contributed by atoms with Gasteiger partial charge in [0.1, 0.15) is 7.05 Å². The second kappa shape index (κ2) is 6.33. The van der Waals surface area contributed by atoms with Crippen molar-refractivity contribution in [3.8, 4) is 0 Å². The van der Waals surface area contributed by atoms with E-state index in [2.05, 4.69) is 59.8 Å². The first-order valence-electron chi connectivity index (χ1n) is 7.10. The highest BCUT2D eigenvalue weighted by atomic mass is 32.2. The molecule has 1 aliphatic heterocycles. The van der Waals surface area contributed by atoms with Gasteiger partial charge in [0, 0.05) is 30.2 Å². The summed E-state index contributed by atoms with van der Waals surface area (Å²) < 4.78 is 2.03. The summed E-state index contributed by atoms with van der Waals surface area (Å²) in [4.78, 5) is 3.58. The van der Waals surface area contributed by atoms with Crippen molar-refractivity contribution in [2.45, 2.75) is 11.3 Å². The maximum atomic E-state index is 9.13. The lowest BCUT2D eigenvalue weighted by Crippen LogP contribution is -2.25. The molecule has 0 saturated heterocycles. The van der Waals surface area contributed by atoms with E-state index >= 15 is 0 Å². The third-order valence-corrected chi connectivity index (χ3v) is 4.58. The third kappa shape index (κ3) is 3.12. The van der Waals surface area contributed by atoms with Crippen LogP contribution in [0, 0.1) is 0 Å². The van der Waals surface area contributed by atoms with Crippen LogP contribution in [0.2, 0.25) is 0 Å².